The number of carbonyl (C=O) groups is 1. The van der Waals surface area contributed by atoms with Crippen LogP contribution >= 0.6 is 0 Å². The molecule has 0 aromatic carbocycles. The summed E-state index contributed by atoms with van der Waals surface area (Å²) in [5.74, 6) is 0.243. The van der Waals surface area contributed by atoms with Crippen LogP contribution in [0.3, 0.4) is 0 Å². The molecule has 0 saturated carbocycles. The number of aromatic amines is 1. The molecule has 0 atom stereocenters. The Bertz CT molecular complexity index is 298. The van der Waals surface area contributed by atoms with Crippen molar-refractivity contribution in [1.29, 1.82) is 0 Å². The van der Waals surface area contributed by atoms with Gasteiger partial charge in [0.25, 0.3) is 0 Å². The monoisotopic (exact) mass is 179 g/mol. The molecule has 1 aromatic heterocycles. The van der Waals surface area contributed by atoms with Gasteiger partial charge in [0.1, 0.15) is 0 Å². The Kier molecular flexibility index (Phi) is 2.04. The van der Waals surface area contributed by atoms with E-state index < -0.39 is 0 Å². The second-order valence-electron chi connectivity index (χ2n) is 3.37. The maximum Gasteiger partial charge on any atom is 0.223 e. The van der Waals surface area contributed by atoms with Crippen LogP contribution in [0.2, 0.25) is 0 Å². The normalized spacial score (nSPS) is 14.7. The summed E-state index contributed by atoms with van der Waals surface area (Å²) >= 11 is 0. The summed E-state index contributed by atoms with van der Waals surface area (Å²) in [6.07, 6.45) is 3.37. The molecule has 4 nitrogen and oxygen atoms in total. The zero-order chi connectivity index (χ0) is 9.26. The second-order valence-corrected chi connectivity index (χ2v) is 3.37. The fourth-order valence-electron chi connectivity index (χ4n) is 1.61. The molecular weight excluding hydrogens is 166 g/mol. The zero-order valence-corrected chi connectivity index (χ0v) is 7.71. The van der Waals surface area contributed by atoms with Gasteiger partial charge in [0.05, 0.1) is 18.4 Å². The van der Waals surface area contributed by atoms with Crippen LogP contribution in [-0.2, 0) is 17.9 Å². The van der Waals surface area contributed by atoms with Crippen molar-refractivity contribution in [3.63, 3.8) is 0 Å². The molecule has 70 valence electrons. The first-order valence-corrected chi connectivity index (χ1v) is 4.60. The van der Waals surface area contributed by atoms with E-state index in [0.717, 1.165) is 24.2 Å². The average molecular weight is 179 g/mol. The Morgan fingerprint density at radius 2 is 2.54 bits per heavy atom. The van der Waals surface area contributed by atoms with Crippen molar-refractivity contribution in [2.75, 3.05) is 0 Å². The van der Waals surface area contributed by atoms with Gasteiger partial charge in [0, 0.05) is 18.5 Å². The molecule has 1 amide bonds. The minimum absolute atomic E-state index is 0.243. The standard InChI is InChI=1S/C9H13N3O/c1-2-3-9(13)12-5-7-4-10-11-8(7)6-12/h4H,2-3,5-6H2,1H3,(H,10,11). The largest absolute Gasteiger partial charge is 0.332 e. The quantitative estimate of drug-likeness (QED) is 0.737. The molecule has 1 N–H and O–H groups in total. The van der Waals surface area contributed by atoms with Crippen LogP contribution in [0.5, 0.6) is 0 Å². The van der Waals surface area contributed by atoms with Gasteiger partial charge in [-0.3, -0.25) is 9.89 Å². The Hall–Kier alpha value is -1.32. The van der Waals surface area contributed by atoms with Crippen molar-refractivity contribution in [2.45, 2.75) is 32.9 Å². The number of carbonyl (C=O) groups excluding carboxylic acids is 1. The van der Waals surface area contributed by atoms with Crippen molar-refractivity contribution < 1.29 is 4.79 Å². The minimum Gasteiger partial charge on any atom is -0.332 e. The molecule has 2 rings (SSSR count). The van der Waals surface area contributed by atoms with Crippen molar-refractivity contribution in [3.05, 3.63) is 17.5 Å². The molecular formula is C9H13N3O. The van der Waals surface area contributed by atoms with Gasteiger partial charge in [-0.2, -0.15) is 5.10 Å². The second kappa shape index (κ2) is 3.20. The molecule has 0 fully saturated rings. The number of hydrogen-bond acceptors (Lipinski definition) is 2. The van der Waals surface area contributed by atoms with Crippen LogP contribution in [-0.4, -0.2) is 21.0 Å². The summed E-state index contributed by atoms with van der Waals surface area (Å²) in [6, 6.07) is 0. The Balaban J connectivity index is 2.01. The molecule has 0 radical (unpaired) electrons. The van der Waals surface area contributed by atoms with E-state index in [0.29, 0.717) is 13.0 Å². The third-order valence-electron chi connectivity index (χ3n) is 2.33. The van der Waals surface area contributed by atoms with Crippen molar-refractivity contribution >= 4 is 5.91 Å². The number of fused-ring (bicyclic) bond motifs is 1. The van der Waals surface area contributed by atoms with Crippen molar-refractivity contribution in [1.82, 2.24) is 15.1 Å². The number of nitrogens with one attached hydrogen (secondary N) is 1. The lowest BCUT2D eigenvalue weighted by atomic mass is 10.3. The Morgan fingerprint density at radius 3 is 3.23 bits per heavy atom. The number of aromatic nitrogens is 2. The van der Waals surface area contributed by atoms with Crippen LogP contribution < -0.4 is 0 Å². The summed E-state index contributed by atoms with van der Waals surface area (Å²) in [7, 11) is 0. The molecule has 1 aliphatic rings. The molecule has 0 spiro atoms. The van der Waals surface area contributed by atoms with Gasteiger partial charge in [0.15, 0.2) is 0 Å². The first kappa shape index (κ1) is 8.29. The fraction of sp³-hybridized carbons (Fsp3) is 0.556. The maximum absolute atomic E-state index is 11.5. The van der Waals surface area contributed by atoms with Gasteiger partial charge in [0.2, 0.25) is 5.91 Å². The van der Waals surface area contributed by atoms with E-state index in [1.165, 1.54) is 0 Å². The zero-order valence-electron chi connectivity index (χ0n) is 7.71. The van der Waals surface area contributed by atoms with Crippen molar-refractivity contribution in [3.8, 4) is 0 Å². The summed E-state index contributed by atoms with van der Waals surface area (Å²) in [5.41, 5.74) is 2.24. The van der Waals surface area contributed by atoms with Crippen LogP contribution in [0, 0.1) is 0 Å². The van der Waals surface area contributed by atoms with E-state index in [9.17, 15) is 4.79 Å². The van der Waals surface area contributed by atoms with Crippen LogP contribution in [0.25, 0.3) is 0 Å². The number of H-pyrrole nitrogens is 1. The number of rotatable bonds is 2. The molecule has 4 heteroatoms. The van der Waals surface area contributed by atoms with Crippen LogP contribution in [0.15, 0.2) is 6.20 Å². The fourth-order valence-corrected chi connectivity index (χ4v) is 1.61. The van der Waals surface area contributed by atoms with Gasteiger partial charge < -0.3 is 4.90 Å². The van der Waals surface area contributed by atoms with Crippen LogP contribution in [0.1, 0.15) is 31.0 Å². The van der Waals surface area contributed by atoms with Gasteiger partial charge in [-0.05, 0) is 6.42 Å². The SMILES string of the molecule is CCCC(=O)N1Cc2cn[nH]c2C1. The summed E-state index contributed by atoms with van der Waals surface area (Å²) in [4.78, 5) is 13.4. The molecule has 1 aliphatic heterocycles. The molecule has 2 heterocycles. The first-order valence-electron chi connectivity index (χ1n) is 4.60. The smallest absolute Gasteiger partial charge is 0.223 e. The van der Waals surface area contributed by atoms with Gasteiger partial charge in [-0.1, -0.05) is 6.92 Å². The number of hydrogen-bond donors (Lipinski definition) is 1. The molecule has 13 heavy (non-hydrogen) atoms. The molecule has 0 saturated heterocycles. The van der Waals surface area contributed by atoms with E-state index >= 15 is 0 Å². The molecule has 0 bridgehead atoms. The number of nitrogens with zero attached hydrogens (tertiary/aromatic N) is 2. The highest BCUT2D eigenvalue weighted by atomic mass is 16.2. The average Bonchev–Trinajstić information content (AvgIpc) is 2.61. The highest BCUT2D eigenvalue weighted by Gasteiger charge is 2.23. The summed E-state index contributed by atoms with van der Waals surface area (Å²) in [6.45, 7) is 3.45. The Labute approximate surface area is 76.9 Å². The lowest BCUT2D eigenvalue weighted by molar-refractivity contribution is -0.131. The highest BCUT2D eigenvalue weighted by Crippen LogP contribution is 2.20. The van der Waals surface area contributed by atoms with Crippen LogP contribution in [0.4, 0.5) is 0 Å². The van der Waals surface area contributed by atoms with E-state index in [4.69, 9.17) is 0 Å². The van der Waals surface area contributed by atoms with E-state index in [-0.39, 0.29) is 5.91 Å². The lowest BCUT2D eigenvalue weighted by Crippen LogP contribution is -2.25. The highest BCUT2D eigenvalue weighted by molar-refractivity contribution is 5.76. The van der Waals surface area contributed by atoms with Gasteiger partial charge >= 0.3 is 0 Å². The maximum atomic E-state index is 11.5. The third-order valence-corrected chi connectivity index (χ3v) is 2.33. The van der Waals surface area contributed by atoms with E-state index in [1.54, 1.807) is 6.20 Å². The minimum atomic E-state index is 0.243. The number of amides is 1. The lowest BCUT2D eigenvalue weighted by Gasteiger charge is -2.14. The van der Waals surface area contributed by atoms with Gasteiger partial charge in [-0.15, -0.1) is 0 Å². The molecule has 0 aliphatic carbocycles. The predicted octanol–water partition coefficient (Wildman–Crippen LogP) is 1.05. The summed E-state index contributed by atoms with van der Waals surface area (Å²) in [5, 5.41) is 6.82. The predicted molar refractivity (Wildman–Crippen MR) is 47.7 cm³/mol. The van der Waals surface area contributed by atoms with Crippen molar-refractivity contribution in [2.24, 2.45) is 0 Å². The Morgan fingerprint density at radius 1 is 1.69 bits per heavy atom. The topological polar surface area (TPSA) is 49.0 Å². The summed E-state index contributed by atoms with van der Waals surface area (Å²) < 4.78 is 0. The van der Waals surface area contributed by atoms with E-state index in [1.807, 2.05) is 11.8 Å². The van der Waals surface area contributed by atoms with E-state index in [2.05, 4.69) is 10.2 Å². The molecule has 0 unspecified atom stereocenters. The third kappa shape index (κ3) is 1.43. The van der Waals surface area contributed by atoms with Gasteiger partial charge in [-0.25, -0.2) is 0 Å². The molecule has 1 aromatic rings. The first-order chi connectivity index (χ1) is 6.31.